The van der Waals surface area contributed by atoms with Gasteiger partial charge in [0.2, 0.25) is 0 Å². The Bertz CT molecular complexity index is 637. The predicted molar refractivity (Wildman–Crippen MR) is 63.5 cm³/mol. The van der Waals surface area contributed by atoms with Crippen LogP contribution in [0.3, 0.4) is 0 Å². The van der Waals surface area contributed by atoms with Crippen LogP contribution in [0.4, 0.5) is 0 Å². The molecular formula is C13H10O4. The van der Waals surface area contributed by atoms with E-state index in [0.717, 1.165) is 5.56 Å². The van der Waals surface area contributed by atoms with E-state index in [9.17, 15) is 9.59 Å². The van der Waals surface area contributed by atoms with Crippen molar-refractivity contribution >= 4 is 23.0 Å². The van der Waals surface area contributed by atoms with Crippen LogP contribution in [0.1, 0.15) is 5.56 Å². The van der Waals surface area contributed by atoms with Gasteiger partial charge in [-0.25, -0.2) is 4.79 Å². The molecule has 1 heterocycles. The van der Waals surface area contributed by atoms with E-state index in [1.165, 1.54) is 25.5 Å². The zero-order valence-corrected chi connectivity index (χ0v) is 9.17. The highest BCUT2D eigenvalue weighted by atomic mass is 16.5. The summed E-state index contributed by atoms with van der Waals surface area (Å²) in [6.45, 7) is 0. The summed E-state index contributed by atoms with van der Waals surface area (Å²) in [6, 6.07) is 6.47. The molecule has 0 N–H and O–H groups in total. The second-order valence-corrected chi connectivity index (χ2v) is 3.40. The van der Waals surface area contributed by atoms with Crippen LogP contribution in [0, 0.1) is 0 Å². The summed E-state index contributed by atoms with van der Waals surface area (Å²) in [7, 11) is 1.31. The van der Waals surface area contributed by atoms with E-state index < -0.39 is 5.97 Å². The number of rotatable bonds is 2. The quantitative estimate of drug-likeness (QED) is 0.584. The standard InChI is InChI=1S/C13H10O4/c1-16-13(15)5-3-9-2-4-12-10(8-9)11(14)6-7-17-12/h2-8H,1H3. The van der Waals surface area contributed by atoms with Crippen LogP contribution >= 0.6 is 0 Å². The molecule has 2 rings (SSSR count). The van der Waals surface area contributed by atoms with Crippen LogP contribution < -0.4 is 5.43 Å². The third-order valence-corrected chi connectivity index (χ3v) is 2.30. The second kappa shape index (κ2) is 4.65. The normalized spacial score (nSPS) is 10.9. The molecule has 0 amide bonds. The summed E-state index contributed by atoms with van der Waals surface area (Å²) in [5, 5.41) is 0.486. The summed E-state index contributed by atoms with van der Waals surface area (Å²) in [5.41, 5.74) is 1.15. The Hall–Kier alpha value is -2.36. The maximum absolute atomic E-state index is 11.5. The Morgan fingerprint density at radius 3 is 2.94 bits per heavy atom. The molecule has 0 radical (unpaired) electrons. The zero-order valence-electron chi connectivity index (χ0n) is 9.17. The van der Waals surface area contributed by atoms with Crippen molar-refractivity contribution in [1.82, 2.24) is 0 Å². The van der Waals surface area contributed by atoms with Gasteiger partial charge in [-0.2, -0.15) is 0 Å². The topological polar surface area (TPSA) is 56.5 Å². The number of ether oxygens (including phenoxy) is 1. The fraction of sp³-hybridized carbons (Fsp3) is 0.0769. The molecule has 2 aromatic rings. The van der Waals surface area contributed by atoms with Crippen LogP contribution in [0.15, 0.2) is 45.8 Å². The van der Waals surface area contributed by atoms with Gasteiger partial charge in [0.05, 0.1) is 18.8 Å². The number of hydrogen-bond donors (Lipinski definition) is 0. The molecule has 0 bridgehead atoms. The number of hydrogen-bond acceptors (Lipinski definition) is 4. The Kier molecular flexibility index (Phi) is 3.05. The van der Waals surface area contributed by atoms with E-state index >= 15 is 0 Å². The number of benzene rings is 1. The number of methoxy groups -OCH3 is 1. The summed E-state index contributed by atoms with van der Waals surface area (Å²) in [4.78, 5) is 22.5. The highest BCUT2D eigenvalue weighted by molar-refractivity contribution is 5.88. The lowest BCUT2D eigenvalue weighted by molar-refractivity contribution is -0.134. The third kappa shape index (κ3) is 2.42. The number of carbonyl (C=O) groups excluding carboxylic acids is 1. The van der Waals surface area contributed by atoms with Crippen molar-refractivity contribution in [2.75, 3.05) is 7.11 Å². The maximum Gasteiger partial charge on any atom is 0.330 e. The smallest absolute Gasteiger partial charge is 0.330 e. The first-order chi connectivity index (χ1) is 8.20. The lowest BCUT2D eigenvalue weighted by atomic mass is 10.1. The highest BCUT2D eigenvalue weighted by Gasteiger charge is 2.00. The average Bonchev–Trinajstić information content (AvgIpc) is 2.36. The zero-order chi connectivity index (χ0) is 12.3. The van der Waals surface area contributed by atoms with Crippen LogP contribution in [0.5, 0.6) is 0 Å². The van der Waals surface area contributed by atoms with Crippen molar-refractivity contribution in [3.8, 4) is 0 Å². The van der Waals surface area contributed by atoms with Gasteiger partial charge in [0.25, 0.3) is 0 Å². The summed E-state index contributed by atoms with van der Waals surface area (Å²) in [5.74, 6) is -0.440. The van der Waals surface area contributed by atoms with Gasteiger partial charge in [0.1, 0.15) is 5.58 Å². The number of fused-ring (bicyclic) bond motifs is 1. The molecule has 0 saturated heterocycles. The monoisotopic (exact) mass is 230 g/mol. The van der Waals surface area contributed by atoms with Crippen LogP contribution in [-0.4, -0.2) is 13.1 Å². The van der Waals surface area contributed by atoms with E-state index in [1.807, 2.05) is 0 Å². The molecule has 1 aromatic heterocycles. The Morgan fingerprint density at radius 1 is 1.35 bits per heavy atom. The van der Waals surface area contributed by atoms with Gasteiger partial charge in [0.15, 0.2) is 5.43 Å². The number of carbonyl (C=O) groups is 1. The van der Waals surface area contributed by atoms with Gasteiger partial charge < -0.3 is 9.15 Å². The minimum Gasteiger partial charge on any atom is -0.466 e. The van der Waals surface area contributed by atoms with E-state index in [2.05, 4.69) is 4.74 Å². The summed E-state index contributed by atoms with van der Waals surface area (Å²) in [6.07, 6.45) is 4.23. The summed E-state index contributed by atoms with van der Waals surface area (Å²) < 4.78 is 9.66. The fourth-order valence-electron chi connectivity index (χ4n) is 1.44. The van der Waals surface area contributed by atoms with Gasteiger partial charge in [-0.3, -0.25) is 4.79 Å². The van der Waals surface area contributed by atoms with Crippen LogP contribution in [0.2, 0.25) is 0 Å². The first-order valence-corrected chi connectivity index (χ1v) is 4.98. The largest absolute Gasteiger partial charge is 0.466 e. The molecular weight excluding hydrogens is 220 g/mol. The molecule has 17 heavy (non-hydrogen) atoms. The van der Waals surface area contributed by atoms with Gasteiger partial charge in [-0.05, 0) is 23.8 Å². The van der Waals surface area contributed by atoms with Crippen molar-refractivity contribution in [1.29, 1.82) is 0 Å². The lowest BCUT2D eigenvalue weighted by Gasteiger charge is -1.97. The Morgan fingerprint density at radius 2 is 2.18 bits per heavy atom. The van der Waals surface area contributed by atoms with E-state index in [4.69, 9.17) is 4.42 Å². The van der Waals surface area contributed by atoms with Crippen molar-refractivity contribution in [3.63, 3.8) is 0 Å². The molecule has 0 aliphatic rings. The van der Waals surface area contributed by atoms with Crippen molar-refractivity contribution in [2.45, 2.75) is 0 Å². The van der Waals surface area contributed by atoms with Gasteiger partial charge >= 0.3 is 5.97 Å². The third-order valence-electron chi connectivity index (χ3n) is 2.30. The predicted octanol–water partition coefficient (Wildman–Crippen LogP) is 1.98. The molecule has 0 spiro atoms. The Labute approximate surface area is 97.1 Å². The fourth-order valence-corrected chi connectivity index (χ4v) is 1.44. The van der Waals surface area contributed by atoms with Crippen molar-refractivity contribution in [2.24, 2.45) is 0 Å². The first-order valence-electron chi connectivity index (χ1n) is 4.98. The lowest BCUT2D eigenvalue weighted by Crippen LogP contribution is -1.98. The van der Waals surface area contributed by atoms with Gasteiger partial charge in [0, 0.05) is 12.1 Å². The average molecular weight is 230 g/mol. The first kappa shape index (κ1) is 11.1. The van der Waals surface area contributed by atoms with Crippen molar-refractivity contribution < 1.29 is 13.9 Å². The molecule has 0 saturated carbocycles. The maximum atomic E-state index is 11.5. The molecule has 0 aliphatic carbocycles. The molecule has 0 fully saturated rings. The highest BCUT2D eigenvalue weighted by Crippen LogP contribution is 2.13. The molecule has 0 unspecified atom stereocenters. The molecule has 0 aliphatic heterocycles. The molecule has 86 valence electrons. The van der Waals surface area contributed by atoms with Crippen molar-refractivity contribution in [3.05, 3.63) is 52.4 Å². The van der Waals surface area contributed by atoms with E-state index in [-0.39, 0.29) is 5.43 Å². The number of esters is 1. The second-order valence-electron chi connectivity index (χ2n) is 3.40. The van der Waals surface area contributed by atoms with Crippen LogP contribution in [-0.2, 0) is 9.53 Å². The summed E-state index contributed by atoms with van der Waals surface area (Å²) >= 11 is 0. The SMILES string of the molecule is COC(=O)C=Cc1ccc2occc(=O)c2c1. The van der Waals surface area contributed by atoms with Gasteiger partial charge in [-0.1, -0.05) is 6.07 Å². The molecule has 0 atom stereocenters. The Balaban J connectivity index is 2.44. The van der Waals surface area contributed by atoms with Crippen LogP contribution in [0.25, 0.3) is 17.0 Å². The minimum atomic E-state index is -0.440. The van der Waals surface area contributed by atoms with E-state index in [1.54, 1.807) is 24.3 Å². The van der Waals surface area contributed by atoms with E-state index in [0.29, 0.717) is 11.0 Å². The minimum absolute atomic E-state index is 0.112. The van der Waals surface area contributed by atoms with Gasteiger partial charge in [-0.15, -0.1) is 0 Å². The molecule has 4 heteroatoms. The molecule has 1 aromatic carbocycles. The molecule has 4 nitrogen and oxygen atoms in total.